The van der Waals surface area contributed by atoms with Crippen LogP contribution in [0.2, 0.25) is 5.02 Å². The highest BCUT2D eigenvalue weighted by atomic mass is 35.5. The summed E-state index contributed by atoms with van der Waals surface area (Å²) in [6.07, 6.45) is 2.13. The monoisotopic (exact) mass is 334 g/mol. The van der Waals surface area contributed by atoms with Crippen molar-refractivity contribution in [1.82, 2.24) is 5.32 Å². The van der Waals surface area contributed by atoms with E-state index in [1.54, 1.807) is 0 Å². The maximum atomic E-state index is 11.7. The summed E-state index contributed by atoms with van der Waals surface area (Å²) in [4.78, 5) is 11.7. The van der Waals surface area contributed by atoms with Gasteiger partial charge in [-0.15, -0.1) is 0 Å². The Morgan fingerprint density at radius 1 is 1.22 bits per heavy atom. The highest BCUT2D eigenvalue weighted by Gasteiger charge is 2.06. The number of phenols is 1. The molecule has 0 spiro atoms. The second-order valence-electron chi connectivity index (χ2n) is 4.97. The third kappa shape index (κ3) is 5.38. The van der Waals surface area contributed by atoms with E-state index < -0.39 is 6.03 Å². The first kappa shape index (κ1) is 17.0. The zero-order valence-electron chi connectivity index (χ0n) is 12.8. The second kappa shape index (κ2) is 8.29. The van der Waals surface area contributed by atoms with Gasteiger partial charge in [0.05, 0.1) is 5.69 Å². The summed E-state index contributed by atoms with van der Waals surface area (Å²) in [7, 11) is 0. The van der Waals surface area contributed by atoms with Gasteiger partial charge in [-0.1, -0.05) is 37.1 Å². The summed E-state index contributed by atoms with van der Waals surface area (Å²) >= 11 is 5.81. The van der Waals surface area contributed by atoms with E-state index >= 15 is 0 Å². The van der Waals surface area contributed by atoms with Gasteiger partial charge in [0.25, 0.3) is 0 Å². The highest BCUT2D eigenvalue weighted by Crippen LogP contribution is 2.26. The third-order valence-corrected chi connectivity index (χ3v) is 3.38. The average Bonchev–Trinajstić information content (AvgIpc) is 2.53. The fourth-order valence-electron chi connectivity index (χ4n) is 2.00. The van der Waals surface area contributed by atoms with Crippen molar-refractivity contribution in [3.8, 4) is 11.5 Å². The molecule has 0 aliphatic heterocycles. The molecule has 2 amide bonds. The second-order valence-corrected chi connectivity index (χ2v) is 5.41. The van der Waals surface area contributed by atoms with E-state index in [1.807, 2.05) is 24.3 Å². The van der Waals surface area contributed by atoms with Gasteiger partial charge in [-0.25, -0.2) is 4.79 Å². The van der Waals surface area contributed by atoms with Gasteiger partial charge >= 0.3 is 6.03 Å². The molecule has 0 atom stereocenters. The standard InChI is InChI=1S/C17H19ClN2O3/c1-2-3-12-4-7-14(8-5-12)23-11-19-17(22)20-15-10-13(18)6-9-16(15)21/h4-10,21H,2-3,11H2,1H3,(H2,19,20,22). The predicted octanol–water partition coefficient (Wildman–Crippen LogP) is 4.16. The Bertz CT molecular complexity index is 659. The van der Waals surface area contributed by atoms with Gasteiger partial charge in [-0.2, -0.15) is 0 Å². The van der Waals surface area contributed by atoms with Crippen LogP contribution in [0.3, 0.4) is 0 Å². The summed E-state index contributed by atoms with van der Waals surface area (Å²) in [5, 5.41) is 15.1. The molecule has 0 fully saturated rings. The molecular weight excluding hydrogens is 316 g/mol. The molecule has 0 bridgehead atoms. The van der Waals surface area contributed by atoms with Crippen LogP contribution in [0.4, 0.5) is 10.5 Å². The van der Waals surface area contributed by atoms with Gasteiger partial charge in [0.2, 0.25) is 0 Å². The molecule has 0 aliphatic carbocycles. The molecule has 0 radical (unpaired) electrons. The summed E-state index contributed by atoms with van der Waals surface area (Å²) in [6, 6.07) is 11.7. The normalized spacial score (nSPS) is 10.2. The summed E-state index contributed by atoms with van der Waals surface area (Å²) < 4.78 is 5.44. The zero-order chi connectivity index (χ0) is 16.7. The number of carbonyl (C=O) groups is 1. The van der Waals surface area contributed by atoms with Crippen LogP contribution in [0.15, 0.2) is 42.5 Å². The number of hydrogen-bond acceptors (Lipinski definition) is 3. The van der Waals surface area contributed by atoms with Crippen LogP contribution < -0.4 is 15.4 Å². The van der Waals surface area contributed by atoms with Gasteiger partial charge < -0.3 is 20.5 Å². The minimum atomic E-state index is -0.495. The van der Waals surface area contributed by atoms with E-state index in [1.165, 1.54) is 23.8 Å². The topological polar surface area (TPSA) is 70.6 Å². The molecule has 0 heterocycles. The van der Waals surface area contributed by atoms with Crippen LogP contribution in [0.5, 0.6) is 11.5 Å². The highest BCUT2D eigenvalue weighted by molar-refractivity contribution is 6.31. The first-order valence-corrected chi connectivity index (χ1v) is 7.71. The van der Waals surface area contributed by atoms with Gasteiger partial charge in [0.1, 0.15) is 11.5 Å². The summed E-state index contributed by atoms with van der Waals surface area (Å²) in [5.41, 5.74) is 1.49. The largest absolute Gasteiger partial charge is 0.506 e. The minimum Gasteiger partial charge on any atom is -0.506 e. The van der Waals surface area contributed by atoms with Crippen molar-refractivity contribution in [2.45, 2.75) is 19.8 Å². The fraction of sp³-hybridized carbons (Fsp3) is 0.235. The van der Waals surface area contributed by atoms with Gasteiger partial charge in [-0.05, 0) is 42.3 Å². The fourth-order valence-corrected chi connectivity index (χ4v) is 2.17. The van der Waals surface area contributed by atoms with E-state index in [0.29, 0.717) is 10.8 Å². The lowest BCUT2D eigenvalue weighted by Gasteiger charge is -2.11. The number of anilines is 1. The summed E-state index contributed by atoms with van der Waals surface area (Å²) in [5.74, 6) is 0.618. The maximum Gasteiger partial charge on any atom is 0.321 e. The van der Waals surface area contributed by atoms with Gasteiger partial charge in [0, 0.05) is 5.02 Å². The van der Waals surface area contributed by atoms with Gasteiger partial charge in [-0.3, -0.25) is 0 Å². The number of aromatic hydroxyl groups is 1. The number of nitrogens with one attached hydrogen (secondary N) is 2. The van der Waals surface area contributed by atoms with Crippen molar-refractivity contribution < 1.29 is 14.6 Å². The van der Waals surface area contributed by atoms with Crippen LogP contribution in [0.1, 0.15) is 18.9 Å². The molecule has 5 nitrogen and oxygen atoms in total. The lowest BCUT2D eigenvalue weighted by atomic mass is 10.1. The molecule has 2 rings (SSSR count). The number of benzene rings is 2. The molecule has 2 aromatic rings. The number of amides is 2. The first-order valence-electron chi connectivity index (χ1n) is 7.33. The van der Waals surface area contributed by atoms with Crippen molar-refractivity contribution in [3.05, 3.63) is 53.1 Å². The number of phenolic OH excluding ortho intramolecular Hbond substituents is 1. The number of rotatable bonds is 6. The van der Waals surface area contributed by atoms with Crippen LogP contribution >= 0.6 is 11.6 Å². The molecule has 0 aliphatic rings. The molecule has 0 unspecified atom stereocenters. The molecular formula is C17H19ClN2O3. The van der Waals surface area contributed by atoms with Crippen molar-refractivity contribution in [2.24, 2.45) is 0 Å². The number of hydrogen-bond donors (Lipinski definition) is 3. The van der Waals surface area contributed by atoms with E-state index in [0.717, 1.165) is 12.8 Å². The smallest absolute Gasteiger partial charge is 0.321 e. The summed E-state index contributed by atoms with van der Waals surface area (Å²) in [6.45, 7) is 2.14. The molecule has 0 saturated heterocycles. The number of urea groups is 1. The van der Waals surface area contributed by atoms with Crippen molar-refractivity contribution in [1.29, 1.82) is 0 Å². The van der Waals surface area contributed by atoms with Crippen molar-refractivity contribution in [3.63, 3.8) is 0 Å². The SMILES string of the molecule is CCCc1ccc(OCNC(=O)Nc2cc(Cl)ccc2O)cc1. The lowest BCUT2D eigenvalue weighted by molar-refractivity contribution is 0.234. The predicted molar refractivity (Wildman–Crippen MR) is 91.2 cm³/mol. The molecule has 6 heteroatoms. The van der Waals surface area contributed by atoms with Crippen molar-refractivity contribution in [2.75, 3.05) is 12.0 Å². The number of aryl methyl sites for hydroxylation is 1. The Labute approximate surface area is 140 Å². The van der Waals surface area contributed by atoms with E-state index in [2.05, 4.69) is 17.6 Å². The minimum absolute atomic E-state index is 0.0142. The molecule has 3 N–H and O–H groups in total. The van der Waals surface area contributed by atoms with Crippen LogP contribution in [-0.4, -0.2) is 17.9 Å². The van der Waals surface area contributed by atoms with E-state index in [4.69, 9.17) is 16.3 Å². The lowest BCUT2D eigenvalue weighted by Crippen LogP contribution is -2.32. The van der Waals surface area contributed by atoms with Crippen LogP contribution in [0.25, 0.3) is 0 Å². The van der Waals surface area contributed by atoms with Crippen LogP contribution in [0, 0.1) is 0 Å². The number of carbonyl (C=O) groups excluding carboxylic acids is 1. The quantitative estimate of drug-likeness (QED) is 0.549. The first-order chi connectivity index (χ1) is 11.1. The Hall–Kier alpha value is -2.40. The Kier molecular flexibility index (Phi) is 6.11. The third-order valence-electron chi connectivity index (χ3n) is 3.14. The molecule has 0 aromatic heterocycles. The molecule has 0 saturated carbocycles. The average molecular weight is 335 g/mol. The van der Waals surface area contributed by atoms with E-state index in [9.17, 15) is 9.90 Å². The molecule has 122 valence electrons. The zero-order valence-corrected chi connectivity index (χ0v) is 13.6. The Morgan fingerprint density at radius 2 is 1.96 bits per heavy atom. The molecule has 2 aromatic carbocycles. The molecule has 23 heavy (non-hydrogen) atoms. The maximum absolute atomic E-state index is 11.7. The van der Waals surface area contributed by atoms with Crippen LogP contribution in [-0.2, 0) is 6.42 Å². The number of halogens is 1. The Balaban J connectivity index is 1.79. The Morgan fingerprint density at radius 3 is 2.65 bits per heavy atom. The van der Waals surface area contributed by atoms with E-state index in [-0.39, 0.29) is 18.2 Å². The van der Waals surface area contributed by atoms with Gasteiger partial charge in [0.15, 0.2) is 6.73 Å². The number of ether oxygens (including phenoxy) is 1. The van der Waals surface area contributed by atoms with Crippen molar-refractivity contribution >= 4 is 23.3 Å².